The van der Waals surface area contributed by atoms with Crippen LogP contribution in [0.25, 0.3) is 11.7 Å². The van der Waals surface area contributed by atoms with Crippen LogP contribution in [0, 0.1) is 0 Å². The molecule has 1 fully saturated rings. The van der Waals surface area contributed by atoms with E-state index in [4.69, 9.17) is 14.5 Å². The monoisotopic (exact) mass is 486 g/mol. The molecule has 0 N–H and O–H groups in total. The van der Waals surface area contributed by atoms with Gasteiger partial charge in [-0.25, -0.2) is 14.6 Å². The minimum Gasteiger partial charge on any atom is -0.463 e. The van der Waals surface area contributed by atoms with Crippen molar-refractivity contribution in [2.45, 2.75) is 45.8 Å². The molecule has 0 bridgehead atoms. The summed E-state index contributed by atoms with van der Waals surface area (Å²) in [5.41, 5.74) is 4.83. The number of imidazole rings is 1. The van der Waals surface area contributed by atoms with E-state index in [1.165, 1.54) is 11.6 Å². The number of benzene rings is 1. The summed E-state index contributed by atoms with van der Waals surface area (Å²) in [4.78, 5) is 29.1. The molecule has 0 atom stereocenters. The van der Waals surface area contributed by atoms with E-state index in [-0.39, 0.29) is 12.6 Å². The second-order valence-electron chi connectivity index (χ2n) is 8.66. The fourth-order valence-corrected chi connectivity index (χ4v) is 3.80. The Labute approximate surface area is 210 Å². The van der Waals surface area contributed by atoms with E-state index in [2.05, 4.69) is 24.1 Å². The highest BCUT2D eigenvalue weighted by Gasteiger charge is 2.25. The van der Waals surface area contributed by atoms with Crippen LogP contribution < -0.4 is 0 Å². The van der Waals surface area contributed by atoms with Gasteiger partial charge in [0.05, 0.1) is 24.4 Å². The first-order valence-electron chi connectivity index (χ1n) is 12.0. The molecule has 1 saturated carbocycles. The van der Waals surface area contributed by atoms with Gasteiger partial charge < -0.3 is 13.9 Å². The van der Waals surface area contributed by atoms with Crippen molar-refractivity contribution in [1.82, 2.24) is 14.4 Å². The molecule has 0 unspecified atom stereocenters. The Hall–Kier alpha value is -4.20. The number of ether oxygens (including phenoxy) is 2. The number of hydrazone groups is 1. The van der Waals surface area contributed by atoms with Crippen LogP contribution in [0.5, 0.6) is 0 Å². The molecule has 36 heavy (non-hydrogen) atoms. The molecule has 2 aromatic heterocycles. The van der Waals surface area contributed by atoms with Crippen LogP contribution in [0.1, 0.15) is 55.0 Å². The van der Waals surface area contributed by atoms with Crippen LogP contribution in [-0.2, 0) is 32.2 Å². The maximum absolute atomic E-state index is 12.4. The Kier molecular flexibility index (Phi) is 7.95. The molecular weight excluding hydrogens is 456 g/mol. The smallest absolute Gasteiger partial charge is 0.335 e. The lowest BCUT2D eigenvalue weighted by Gasteiger charge is -2.13. The van der Waals surface area contributed by atoms with Crippen molar-refractivity contribution in [2.24, 2.45) is 5.10 Å². The molecule has 1 aliphatic carbocycles. The highest BCUT2D eigenvalue weighted by molar-refractivity contribution is 5.88. The van der Waals surface area contributed by atoms with Gasteiger partial charge >= 0.3 is 11.9 Å². The van der Waals surface area contributed by atoms with E-state index in [1.54, 1.807) is 31.1 Å². The van der Waals surface area contributed by atoms with Crippen LogP contribution >= 0.6 is 0 Å². The van der Waals surface area contributed by atoms with E-state index in [1.807, 2.05) is 40.9 Å². The third-order valence-electron chi connectivity index (χ3n) is 5.77. The molecule has 186 valence electrons. The molecule has 1 aromatic carbocycles. The zero-order valence-corrected chi connectivity index (χ0v) is 20.6. The van der Waals surface area contributed by atoms with Crippen LogP contribution in [0.2, 0.25) is 0 Å². The van der Waals surface area contributed by atoms with E-state index < -0.39 is 5.97 Å². The van der Waals surface area contributed by atoms with E-state index in [9.17, 15) is 9.59 Å². The van der Waals surface area contributed by atoms with E-state index in [0.717, 1.165) is 35.3 Å². The fraction of sp³-hybridized carbons (Fsp3) is 0.286. The molecule has 2 heterocycles. The summed E-state index contributed by atoms with van der Waals surface area (Å²) in [6.45, 7) is 7.92. The quantitative estimate of drug-likeness (QED) is 0.167. The Morgan fingerprint density at radius 1 is 1.22 bits per heavy atom. The number of hydrogen-bond donors (Lipinski definition) is 0. The Morgan fingerprint density at radius 3 is 2.69 bits per heavy atom. The standard InChI is InChI=1S/C28H30N4O4/c1-4-35-26(33)13-12-23-14-24(22-10-11-22)16-31-17-25(30-27(23)31)18-32(29-3)15-20(2)28(34)36-19-21-8-6-5-7-9-21/h5-9,12-17,22H,3-4,10-11,18-19H2,1-2H3/b13-12-,20-15+. The fourth-order valence-electron chi connectivity index (χ4n) is 3.80. The number of aromatic nitrogens is 2. The summed E-state index contributed by atoms with van der Waals surface area (Å²) >= 11 is 0. The lowest BCUT2D eigenvalue weighted by Crippen LogP contribution is -2.13. The maximum Gasteiger partial charge on any atom is 0.335 e. The van der Waals surface area contributed by atoms with Gasteiger partial charge in [-0.05, 0) is 55.9 Å². The van der Waals surface area contributed by atoms with Gasteiger partial charge in [0, 0.05) is 37.0 Å². The summed E-state index contributed by atoms with van der Waals surface area (Å²) in [5.74, 6) is -0.280. The van der Waals surface area contributed by atoms with Crippen LogP contribution in [0.15, 0.2) is 71.7 Å². The molecule has 0 aliphatic heterocycles. The van der Waals surface area contributed by atoms with Crippen LogP contribution in [0.4, 0.5) is 0 Å². The Morgan fingerprint density at radius 2 is 2.00 bits per heavy atom. The van der Waals surface area contributed by atoms with Gasteiger partial charge in [-0.3, -0.25) is 5.01 Å². The topological polar surface area (TPSA) is 85.5 Å². The van der Waals surface area contributed by atoms with Crippen molar-refractivity contribution in [3.63, 3.8) is 0 Å². The molecule has 1 aliphatic rings. The van der Waals surface area contributed by atoms with Crippen LogP contribution in [-0.4, -0.2) is 39.7 Å². The predicted molar refractivity (Wildman–Crippen MR) is 138 cm³/mol. The summed E-state index contributed by atoms with van der Waals surface area (Å²) < 4.78 is 12.4. The number of esters is 2. The average Bonchev–Trinajstić information content (AvgIpc) is 3.66. The average molecular weight is 487 g/mol. The summed E-state index contributed by atoms with van der Waals surface area (Å²) in [7, 11) is 0. The van der Waals surface area contributed by atoms with Crippen molar-refractivity contribution >= 4 is 30.4 Å². The molecule has 0 saturated heterocycles. The van der Waals surface area contributed by atoms with Crippen molar-refractivity contribution in [3.8, 4) is 0 Å². The first kappa shape index (κ1) is 24.9. The SMILES string of the molecule is C=NN(/C=C(\C)C(=O)OCc1ccccc1)Cc1cn2cc(C3CC3)cc(/C=C\C(=O)OCC)c2n1. The third-order valence-corrected chi connectivity index (χ3v) is 5.77. The molecule has 0 radical (unpaired) electrons. The van der Waals surface area contributed by atoms with Crippen molar-refractivity contribution in [1.29, 1.82) is 0 Å². The van der Waals surface area contributed by atoms with Gasteiger partial charge in [0.15, 0.2) is 0 Å². The van der Waals surface area contributed by atoms with E-state index >= 15 is 0 Å². The predicted octanol–water partition coefficient (Wildman–Crippen LogP) is 4.85. The van der Waals surface area contributed by atoms with Crippen LogP contribution in [0.3, 0.4) is 0 Å². The molecule has 3 aromatic rings. The lowest BCUT2D eigenvalue weighted by atomic mass is 10.1. The first-order chi connectivity index (χ1) is 17.5. The number of fused-ring (bicyclic) bond motifs is 1. The van der Waals surface area contributed by atoms with Gasteiger partial charge in [-0.15, -0.1) is 0 Å². The Bertz CT molecular complexity index is 1310. The van der Waals surface area contributed by atoms with Gasteiger partial charge in [0.2, 0.25) is 0 Å². The normalized spacial score (nSPS) is 13.7. The maximum atomic E-state index is 12.4. The largest absolute Gasteiger partial charge is 0.463 e. The number of pyridine rings is 1. The second-order valence-corrected chi connectivity index (χ2v) is 8.66. The Balaban J connectivity index is 1.50. The van der Waals surface area contributed by atoms with Crippen molar-refractivity contribution in [2.75, 3.05) is 6.61 Å². The number of rotatable bonds is 11. The summed E-state index contributed by atoms with van der Waals surface area (Å²) in [5, 5.41) is 5.58. The second kappa shape index (κ2) is 11.5. The molecule has 4 rings (SSSR count). The number of hydrogen-bond acceptors (Lipinski definition) is 7. The minimum atomic E-state index is -0.428. The van der Waals surface area contributed by atoms with Gasteiger partial charge in [-0.1, -0.05) is 30.3 Å². The summed E-state index contributed by atoms with van der Waals surface area (Å²) in [6.07, 6.45) is 11.1. The highest BCUT2D eigenvalue weighted by atomic mass is 16.5. The first-order valence-corrected chi connectivity index (χ1v) is 12.0. The van der Waals surface area contributed by atoms with Gasteiger partial charge in [-0.2, -0.15) is 5.10 Å². The number of carbonyl (C=O) groups is 2. The number of nitrogens with zero attached hydrogens (tertiary/aromatic N) is 4. The lowest BCUT2D eigenvalue weighted by molar-refractivity contribution is -0.140. The van der Waals surface area contributed by atoms with Crippen molar-refractivity contribution < 1.29 is 19.1 Å². The van der Waals surface area contributed by atoms with E-state index in [0.29, 0.717) is 24.6 Å². The summed E-state index contributed by atoms with van der Waals surface area (Å²) in [6, 6.07) is 11.6. The van der Waals surface area contributed by atoms with Gasteiger partial charge in [0.1, 0.15) is 12.3 Å². The minimum absolute atomic E-state index is 0.199. The van der Waals surface area contributed by atoms with Gasteiger partial charge in [0.25, 0.3) is 0 Å². The highest BCUT2D eigenvalue weighted by Crippen LogP contribution is 2.40. The zero-order chi connectivity index (χ0) is 25.5. The molecular formula is C28H30N4O4. The molecule has 8 heteroatoms. The van der Waals surface area contributed by atoms with Crippen molar-refractivity contribution in [3.05, 3.63) is 89.0 Å². The molecule has 0 amide bonds. The molecule has 8 nitrogen and oxygen atoms in total. The molecule has 0 spiro atoms. The number of carbonyl (C=O) groups excluding carboxylic acids is 2. The third kappa shape index (κ3) is 6.47. The zero-order valence-electron chi connectivity index (χ0n) is 20.6.